The van der Waals surface area contributed by atoms with Crippen LogP contribution in [0.15, 0.2) is 18.2 Å². The number of rotatable bonds is 6. The second-order valence-electron chi connectivity index (χ2n) is 4.98. The molecule has 0 unspecified atom stereocenters. The van der Waals surface area contributed by atoms with Crippen molar-refractivity contribution in [2.75, 3.05) is 25.9 Å². The fourth-order valence-corrected chi connectivity index (χ4v) is 2.01. The lowest BCUT2D eigenvalue weighted by Gasteiger charge is -2.25. The zero-order valence-electron chi connectivity index (χ0n) is 12.2. The summed E-state index contributed by atoms with van der Waals surface area (Å²) in [5, 5.41) is 8.72. The molecular weight excluding hydrogens is 254 g/mol. The van der Waals surface area contributed by atoms with Gasteiger partial charge in [0.25, 0.3) is 5.91 Å². The summed E-state index contributed by atoms with van der Waals surface area (Å²) >= 11 is 0. The average molecular weight is 275 g/mol. The molecule has 0 aromatic heterocycles. The molecule has 0 atom stereocenters. The van der Waals surface area contributed by atoms with Gasteiger partial charge in [-0.1, -0.05) is 19.9 Å². The first-order chi connectivity index (χ1) is 9.51. The quantitative estimate of drug-likeness (QED) is 0.808. The third-order valence-electron chi connectivity index (χ3n) is 2.86. The van der Waals surface area contributed by atoms with Gasteiger partial charge in [-0.2, -0.15) is 5.26 Å². The van der Waals surface area contributed by atoms with E-state index in [4.69, 9.17) is 15.7 Å². The van der Waals surface area contributed by atoms with Gasteiger partial charge in [0.05, 0.1) is 19.6 Å². The van der Waals surface area contributed by atoms with Gasteiger partial charge >= 0.3 is 0 Å². The lowest BCUT2D eigenvalue weighted by Crippen LogP contribution is -2.35. The van der Waals surface area contributed by atoms with E-state index in [1.54, 1.807) is 23.1 Å². The SMILES string of the molecule is COc1cccc(N)c1C(=O)N(CCC#N)CC(C)C. The summed E-state index contributed by atoms with van der Waals surface area (Å²) in [5.41, 5.74) is 6.66. The Hall–Kier alpha value is -2.22. The summed E-state index contributed by atoms with van der Waals surface area (Å²) in [4.78, 5) is 14.3. The molecule has 0 saturated carbocycles. The molecule has 20 heavy (non-hydrogen) atoms. The normalized spacial score (nSPS) is 10.2. The van der Waals surface area contributed by atoms with Crippen molar-refractivity contribution in [3.63, 3.8) is 0 Å². The summed E-state index contributed by atoms with van der Waals surface area (Å²) in [7, 11) is 1.51. The molecule has 0 bridgehead atoms. The summed E-state index contributed by atoms with van der Waals surface area (Å²) < 4.78 is 5.21. The van der Waals surface area contributed by atoms with Crippen molar-refractivity contribution in [1.82, 2.24) is 4.90 Å². The van der Waals surface area contributed by atoms with Gasteiger partial charge in [0.2, 0.25) is 0 Å². The number of carbonyl (C=O) groups excluding carboxylic acids is 1. The molecule has 0 spiro atoms. The maximum atomic E-state index is 12.6. The Labute approximate surface area is 119 Å². The molecule has 108 valence electrons. The van der Waals surface area contributed by atoms with Gasteiger partial charge in [-0.25, -0.2) is 0 Å². The third-order valence-corrected chi connectivity index (χ3v) is 2.86. The van der Waals surface area contributed by atoms with E-state index >= 15 is 0 Å². The largest absolute Gasteiger partial charge is 0.496 e. The highest BCUT2D eigenvalue weighted by atomic mass is 16.5. The molecule has 5 heteroatoms. The molecule has 1 aromatic carbocycles. The van der Waals surface area contributed by atoms with Crippen LogP contribution in [0.5, 0.6) is 5.75 Å². The Morgan fingerprint density at radius 2 is 2.20 bits per heavy atom. The van der Waals surface area contributed by atoms with Crippen molar-refractivity contribution in [2.24, 2.45) is 5.92 Å². The highest BCUT2D eigenvalue weighted by molar-refractivity contribution is 6.01. The van der Waals surface area contributed by atoms with Crippen LogP contribution in [0.25, 0.3) is 0 Å². The number of nitriles is 1. The molecule has 0 radical (unpaired) electrons. The van der Waals surface area contributed by atoms with Crippen LogP contribution in [0.2, 0.25) is 0 Å². The lowest BCUT2D eigenvalue weighted by molar-refractivity contribution is 0.0737. The number of hydrogen-bond acceptors (Lipinski definition) is 4. The molecule has 0 aliphatic rings. The van der Waals surface area contributed by atoms with Crippen molar-refractivity contribution >= 4 is 11.6 Å². The molecule has 0 aliphatic heterocycles. The van der Waals surface area contributed by atoms with Crippen molar-refractivity contribution in [1.29, 1.82) is 5.26 Å². The fraction of sp³-hybridized carbons (Fsp3) is 0.467. The van der Waals surface area contributed by atoms with Crippen LogP contribution in [0.3, 0.4) is 0 Å². The minimum Gasteiger partial charge on any atom is -0.496 e. The number of benzene rings is 1. The number of nitrogens with two attached hydrogens (primary N) is 1. The smallest absolute Gasteiger partial charge is 0.259 e. The highest BCUT2D eigenvalue weighted by Crippen LogP contribution is 2.26. The number of carbonyl (C=O) groups is 1. The van der Waals surface area contributed by atoms with Crippen LogP contribution in [0.4, 0.5) is 5.69 Å². The minimum absolute atomic E-state index is 0.191. The van der Waals surface area contributed by atoms with E-state index in [0.717, 1.165) is 0 Å². The van der Waals surface area contributed by atoms with Gasteiger partial charge in [-0.3, -0.25) is 4.79 Å². The average Bonchev–Trinajstić information content (AvgIpc) is 2.41. The van der Waals surface area contributed by atoms with Crippen LogP contribution < -0.4 is 10.5 Å². The maximum Gasteiger partial charge on any atom is 0.259 e. The van der Waals surface area contributed by atoms with Crippen LogP contribution in [0, 0.1) is 17.2 Å². The summed E-state index contributed by atoms with van der Waals surface area (Å²) in [6, 6.07) is 7.19. The minimum atomic E-state index is -0.191. The Morgan fingerprint density at radius 1 is 1.50 bits per heavy atom. The van der Waals surface area contributed by atoms with Gasteiger partial charge in [0, 0.05) is 18.8 Å². The first kappa shape index (κ1) is 15.8. The summed E-state index contributed by atoms with van der Waals surface area (Å²) in [6.07, 6.45) is 0.299. The van der Waals surface area contributed by atoms with Crippen molar-refractivity contribution in [2.45, 2.75) is 20.3 Å². The Bertz CT molecular complexity index is 506. The standard InChI is InChI=1S/C15H21N3O2/c1-11(2)10-18(9-5-8-16)15(19)14-12(17)6-4-7-13(14)20-3/h4,6-7,11H,5,9-10,17H2,1-3H3. The molecule has 0 fully saturated rings. The third kappa shape index (κ3) is 3.89. The van der Waals surface area contributed by atoms with E-state index in [1.807, 2.05) is 13.8 Å². The molecule has 1 rings (SSSR count). The molecule has 5 nitrogen and oxygen atoms in total. The van der Waals surface area contributed by atoms with Gasteiger partial charge < -0.3 is 15.4 Å². The van der Waals surface area contributed by atoms with Crippen molar-refractivity contribution in [3.8, 4) is 11.8 Å². The van der Waals surface area contributed by atoms with E-state index in [1.165, 1.54) is 7.11 Å². The van der Waals surface area contributed by atoms with Gasteiger partial charge in [0.1, 0.15) is 11.3 Å². The molecule has 0 saturated heterocycles. The number of ether oxygens (including phenoxy) is 1. The second-order valence-corrected chi connectivity index (χ2v) is 4.98. The predicted molar refractivity (Wildman–Crippen MR) is 78.4 cm³/mol. The predicted octanol–water partition coefficient (Wildman–Crippen LogP) is 2.29. The molecule has 2 N–H and O–H groups in total. The van der Waals surface area contributed by atoms with E-state index in [0.29, 0.717) is 42.4 Å². The van der Waals surface area contributed by atoms with E-state index in [2.05, 4.69) is 6.07 Å². The number of methoxy groups -OCH3 is 1. The number of anilines is 1. The van der Waals surface area contributed by atoms with E-state index in [-0.39, 0.29) is 5.91 Å². The molecular formula is C15H21N3O2. The monoisotopic (exact) mass is 275 g/mol. The van der Waals surface area contributed by atoms with Crippen LogP contribution in [-0.4, -0.2) is 31.0 Å². The molecule has 1 aromatic rings. The highest BCUT2D eigenvalue weighted by Gasteiger charge is 2.22. The lowest BCUT2D eigenvalue weighted by atomic mass is 10.1. The number of hydrogen-bond donors (Lipinski definition) is 1. The van der Waals surface area contributed by atoms with Gasteiger partial charge in [-0.15, -0.1) is 0 Å². The Balaban J connectivity index is 3.08. The molecule has 0 heterocycles. The topological polar surface area (TPSA) is 79.3 Å². The zero-order valence-corrected chi connectivity index (χ0v) is 12.2. The van der Waals surface area contributed by atoms with E-state index < -0.39 is 0 Å². The summed E-state index contributed by atoms with van der Waals surface area (Å²) in [6.45, 7) is 5.03. The first-order valence-electron chi connectivity index (χ1n) is 6.60. The van der Waals surface area contributed by atoms with Crippen LogP contribution >= 0.6 is 0 Å². The van der Waals surface area contributed by atoms with Gasteiger partial charge in [-0.05, 0) is 18.1 Å². The number of amides is 1. The van der Waals surface area contributed by atoms with Gasteiger partial charge in [0.15, 0.2) is 0 Å². The van der Waals surface area contributed by atoms with Crippen LogP contribution in [0.1, 0.15) is 30.6 Å². The Kier molecular flexibility index (Phi) is 5.85. The number of nitrogen functional groups attached to an aromatic ring is 1. The molecule has 1 amide bonds. The fourth-order valence-electron chi connectivity index (χ4n) is 2.01. The van der Waals surface area contributed by atoms with Crippen LogP contribution in [-0.2, 0) is 0 Å². The number of nitrogens with zero attached hydrogens (tertiary/aromatic N) is 2. The maximum absolute atomic E-state index is 12.6. The van der Waals surface area contributed by atoms with Crippen molar-refractivity contribution < 1.29 is 9.53 Å². The van der Waals surface area contributed by atoms with E-state index in [9.17, 15) is 4.79 Å². The first-order valence-corrected chi connectivity index (χ1v) is 6.60. The molecule has 0 aliphatic carbocycles. The van der Waals surface area contributed by atoms with Crippen molar-refractivity contribution in [3.05, 3.63) is 23.8 Å². The Morgan fingerprint density at radius 3 is 2.75 bits per heavy atom. The zero-order chi connectivity index (χ0) is 15.1. The second kappa shape index (κ2) is 7.39. The summed E-state index contributed by atoms with van der Waals surface area (Å²) in [5.74, 6) is 0.582.